The Kier molecular flexibility index (Phi) is 4.73. The Bertz CT molecular complexity index is 627. The smallest absolute Gasteiger partial charge is 0.266 e. The van der Waals surface area contributed by atoms with E-state index >= 15 is 0 Å². The molecule has 1 aromatic carbocycles. The number of nitrogens with two attached hydrogens (primary N) is 1. The van der Waals surface area contributed by atoms with Crippen LogP contribution in [0.5, 0.6) is 11.5 Å². The second-order valence-electron chi connectivity index (χ2n) is 4.45. The van der Waals surface area contributed by atoms with E-state index in [0.717, 1.165) is 5.56 Å². The minimum Gasteiger partial charge on any atom is -0.493 e. The SMILES string of the molecule is COc1cc(C)ccc1OCc1ccc(C(=O)NN)cn1. The number of hydrogen-bond donors (Lipinski definition) is 2. The number of ether oxygens (including phenoxy) is 2. The van der Waals surface area contributed by atoms with E-state index in [1.165, 1.54) is 6.20 Å². The third kappa shape index (κ3) is 3.70. The molecule has 0 radical (unpaired) electrons. The third-order valence-electron chi connectivity index (χ3n) is 2.91. The van der Waals surface area contributed by atoms with Gasteiger partial charge in [0.2, 0.25) is 0 Å². The van der Waals surface area contributed by atoms with Crippen molar-refractivity contribution >= 4 is 5.91 Å². The number of nitrogen functional groups attached to an aromatic ring is 1. The molecule has 0 bridgehead atoms. The summed E-state index contributed by atoms with van der Waals surface area (Å²) in [5.41, 5.74) is 4.24. The molecule has 0 fully saturated rings. The highest BCUT2D eigenvalue weighted by Crippen LogP contribution is 2.28. The number of amides is 1. The summed E-state index contributed by atoms with van der Waals surface area (Å²) >= 11 is 0. The number of methoxy groups -OCH3 is 1. The largest absolute Gasteiger partial charge is 0.493 e. The molecule has 0 saturated carbocycles. The molecule has 0 saturated heterocycles. The molecule has 2 aromatic rings. The predicted molar refractivity (Wildman–Crippen MR) is 78.0 cm³/mol. The van der Waals surface area contributed by atoms with Crippen LogP contribution in [0.1, 0.15) is 21.6 Å². The third-order valence-corrected chi connectivity index (χ3v) is 2.91. The Morgan fingerprint density at radius 1 is 1.29 bits per heavy atom. The van der Waals surface area contributed by atoms with Crippen LogP contribution in [-0.4, -0.2) is 18.0 Å². The lowest BCUT2D eigenvalue weighted by molar-refractivity contribution is 0.0953. The van der Waals surface area contributed by atoms with Crippen molar-refractivity contribution in [3.63, 3.8) is 0 Å². The molecule has 2 rings (SSSR count). The van der Waals surface area contributed by atoms with Crippen molar-refractivity contribution < 1.29 is 14.3 Å². The lowest BCUT2D eigenvalue weighted by atomic mass is 10.2. The van der Waals surface area contributed by atoms with Crippen LogP contribution in [0.15, 0.2) is 36.5 Å². The molecular weight excluding hydrogens is 270 g/mol. The standard InChI is InChI=1S/C15H17N3O3/c1-10-3-6-13(14(7-10)20-2)21-9-12-5-4-11(8-17-12)15(19)18-16/h3-8H,9,16H2,1-2H3,(H,18,19). The van der Waals surface area contributed by atoms with Gasteiger partial charge in [-0.25, -0.2) is 5.84 Å². The average Bonchev–Trinajstić information content (AvgIpc) is 2.53. The molecule has 0 unspecified atom stereocenters. The van der Waals surface area contributed by atoms with Crippen molar-refractivity contribution in [2.24, 2.45) is 5.84 Å². The van der Waals surface area contributed by atoms with Crippen molar-refractivity contribution in [1.82, 2.24) is 10.4 Å². The highest BCUT2D eigenvalue weighted by Gasteiger charge is 2.07. The van der Waals surface area contributed by atoms with Gasteiger partial charge >= 0.3 is 0 Å². The summed E-state index contributed by atoms with van der Waals surface area (Å²) in [6.45, 7) is 2.26. The highest BCUT2D eigenvalue weighted by molar-refractivity contribution is 5.93. The summed E-state index contributed by atoms with van der Waals surface area (Å²) in [6.07, 6.45) is 1.45. The van der Waals surface area contributed by atoms with Crippen molar-refractivity contribution in [2.45, 2.75) is 13.5 Å². The van der Waals surface area contributed by atoms with Gasteiger partial charge in [0.25, 0.3) is 5.91 Å². The Hall–Kier alpha value is -2.60. The molecule has 1 heterocycles. The first kappa shape index (κ1) is 14.8. The van der Waals surface area contributed by atoms with Crippen LogP contribution < -0.4 is 20.7 Å². The quantitative estimate of drug-likeness (QED) is 0.495. The lowest BCUT2D eigenvalue weighted by Gasteiger charge is -2.11. The van der Waals surface area contributed by atoms with E-state index in [0.29, 0.717) is 22.8 Å². The topological polar surface area (TPSA) is 86.5 Å². The van der Waals surface area contributed by atoms with Crippen LogP contribution in [0.4, 0.5) is 0 Å². The van der Waals surface area contributed by atoms with E-state index < -0.39 is 0 Å². The van der Waals surface area contributed by atoms with Crippen molar-refractivity contribution in [3.8, 4) is 11.5 Å². The van der Waals surface area contributed by atoms with Gasteiger partial charge in [-0.3, -0.25) is 15.2 Å². The molecule has 0 spiro atoms. The number of aromatic nitrogens is 1. The lowest BCUT2D eigenvalue weighted by Crippen LogP contribution is -2.30. The number of pyridine rings is 1. The van der Waals surface area contributed by atoms with Crippen molar-refractivity contribution in [3.05, 3.63) is 53.3 Å². The summed E-state index contributed by atoms with van der Waals surface area (Å²) in [7, 11) is 1.60. The number of nitrogens with one attached hydrogen (secondary N) is 1. The normalized spacial score (nSPS) is 10.0. The molecule has 21 heavy (non-hydrogen) atoms. The van der Waals surface area contributed by atoms with Crippen LogP contribution in [0.3, 0.4) is 0 Å². The number of nitrogens with zero attached hydrogens (tertiary/aromatic N) is 1. The van der Waals surface area contributed by atoms with E-state index in [1.54, 1.807) is 19.2 Å². The number of hydrogen-bond acceptors (Lipinski definition) is 5. The van der Waals surface area contributed by atoms with Crippen molar-refractivity contribution in [2.75, 3.05) is 7.11 Å². The maximum atomic E-state index is 11.3. The zero-order valence-corrected chi connectivity index (χ0v) is 11.9. The van der Waals surface area contributed by atoms with Crippen LogP contribution in [0, 0.1) is 6.92 Å². The van der Waals surface area contributed by atoms with Gasteiger partial charge < -0.3 is 9.47 Å². The van der Waals surface area contributed by atoms with Gasteiger partial charge in [-0.05, 0) is 36.8 Å². The summed E-state index contributed by atoms with van der Waals surface area (Å²) in [5, 5.41) is 0. The van der Waals surface area contributed by atoms with Gasteiger partial charge in [0.05, 0.1) is 18.4 Å². The fourth-order valence-electron chi connectivity index (χ4n) is 1.77. The van der Waals surface area contributed by atoms with E-state index in [4.69, 9.17) is 15.3 Å². The van der Waals surface area contributed by atoms with E-state index in [9.17, 15) is 4.79 Å². The molecule has 3 N–H and O–H groups in total. The minimum atomic E-state index is -0.379. The first-order valence-corrected chi connectivity index (χ1v) is 6.37. The summed E-state index contributed by atoms with van der Waals surface area (Å²) in [4.78, 5) is 15.4. The molecule has 0 aliphatic carbocycles. The van der Waals surface area contributed by atoms with Crippen LogP contribution in [-0.2, 0) is 6.61 Å². The maximum absolute atomic E-state index is 11.3. The van der Waals surface area contributed by atoms with Gasteiger partial charge in [-0.15, -0.1) is 0 Å². The Labute approximate surface area is 122 Å². The van der Waals surface area contributed by atoms with Gasteiger partial charge in [0.1, 0.15) is 6.61 Å². The van der Waals surface area contributed by atoms with E-state index in [1.807, 2.05) is 25.1 Å². The van der Waals surface area contributed by atoms with Crippen LogP contribution in [0.2, 0.25) is 0 Å². The van der Waals surface area contributed by atoms with Gasteiger partial charge in [-0.1, -0.05) is 6.07 Å². The molecule has 1 amide bonds. The zero-order chi connectivity index (χ0) is 15.2. The molecule has 6 nitrogen and oxygen atoms in total. The Morgan fingerprint density at radius 2 is 2.10 bits per heavy atom. The molecule has 6 heteroatoms. The predicted octanol–water partition coefficient (Wildman–Crippen LogP) is 1.58. The van der Waals surface area contributed by atoms with Gasteiger partial charge in [0.15, 0.2) is 11.5 Å². The second kappa shape index (κ2) is 6.71. The molecule has 0 aliphatic rings. The number of benzene rings is 1. The monoisotopic (exact) mass is 287 g/mol. The Balaban J connectivity index is 2.05. The number of rotatable bonds is 5. The van der Waals surface area contributed by atoms with E-state index in [2.05, 4.69) is 10.4 Å². The summed E-state index contributed by atoms with van der Waals surface area (Å²) < 4.78 is 11.0. The fraction of sp³-hybridized carbons (Fsp3) is 0.200. The highest BCUT2D eigenvalue weighted by atomic mass is 16.5. The first-order valence-electron chi connectivity index (χ1n) is 6.37. The van der Waals surface area contributed by atoms with Gasteiger partial charge in [-0.2, -0.15) is 0 Å². The maximum Gasteiger partial charge on any atom is 0.266 e. The van der Waals surface area contributed by atoms with Crippen LogP contribution >= 0.6 is 0 Å². The summed E-state index contributed by atoms with van der Waals surface area (Å²) in [5.74, 6) is 6.00. The second-order valence-corrected chi connectivity index (χ2v) is 4.45. The summed E-state index contributed by atoms with van der Waals surface area (Å²) in [6, 6.07) is 9.05. The molecule has 1 aromatic heterocycles. The molecule has 0 atom stereocenters. The number of carbonyl (C=O) groups is 1. The molecule has 0 aliphatic heterocycles. The Morgan fingerprint density at radius 3 is 2.71 bits per heavy atom. The minimum absolute atomic E-state index is 0.282. The van der Waals surface area contributed by atoms with Gasteiger partial charge in [0, 0.05) is 6.20 Å². The number of carbonyl (C=O) groups excluding carboxylic acids is 1. The van der Waals surface area contributed by atoms with Crippen LogP contribution in [0.25, 0.3) is 0 Å². The average molecular weight is 287 g/mol. The fourth-order valence-corrected chi connectivity index (χ4v) is 1.77. The zero-order valence-electron chi connectivity index (χ0n) is 11.9. The van der Waals surface area contributed by atoms with E-state index in [-0.39, 0.29) is 12.5 Å². The number of aryl methyl sites for hydroxylation is 1. The first-order chi connectivity index (χ1) is 10.1. The number of hydrazine groups is 1. The van der Waals surface area contributed by atoms with Crippen molar-refractivity contribution in [1.29, 1.82) is 0 Å². The molecule has 110 valence electrons. The molecular formula is C15H17N3O3.